The lowest BCUT2D eigenvalue weighted by Crippen LogP contribution is -1.64. The van der Waals surface area contributed by atoms with E-state index >= 15 is 0 Å². The molecule has 0 fully saturated rings. The molecule has 0 bridgehead atoms. The predicted octanol–water partition coefficient (Wildman–Crippen LogP) is 1.12. The van der Waals surface area contributed by atoms with Gasteiger partial charge < -0.3 is 0 Å². The van der Waals surface area contributed by atoms with Crippen molar-refractivity contribution in [3.05, 3.63) is 0 Å². The van der Waals surface area contributed by atoms with Gasteiger partial charge in [-0.2, -0.15) is 5.26 Å². The quantitative estimate of drug-likeness (QED) is 0.419. The molecule has 0 heterocycles. The number of nitrogens with zero attached hydrogens (tertiary/aromatic N) is 1. The average Bonchev–Trinajstić information content (AvgIpc) is 1.35. The fraction of sp³-hybridized carbons (Fsp3) is 0.500. The second kappa shape index (κ2) is 1.38. The van der Waals surface area contributed by atoms with Crippen LogP contribution in [0.25, 0.3) is 0 Å². The Labute approximate surface area is 39.1 Å². The lowest BCUT2D eigenvalue weighted by molar-refractivity contribution is 1.57. The van der Waals surface area contributed by atoms with E-state index < -0.39 is 9.44 Å². The van der Waals surface area contributed by atoms with Crippen LogP contribution >= 0.6 is 9.44 Å². The van der Waals surface area contributed by atoms with Crippen LogP contribution < -0.4 is 0 Å². The van der Waals surface area contributed by atoms with E-state index in [0.717, 1.165) is 0 Å². The molecule has 0 saturated carbocycles. The molecule has 0 radical (unpaired) electrons. The maximum absolute atomic E-state index is 8.06. The first-order chi connectivity index (χ1) is 2.56. The summed E-state index contributed by atoms with van der Waals surface area (Å²) in [6.45, 7) is 0. The third kappa shape index (κ3) is 3.62. The topological polar surface area (TPSA) is 23.8 Å². The van der Waals surface area contributed by atoms with Crippen molar-refractivity contribution in [3.8, 4) is 11.1 Å². The Hall–Kier alpha value is -0.380. The van der Waals surface area contributed by atoms with Crippen LogP contribution in [0, 0.1) is 16.4 Å². The van der Waals surface area contributed by atoms with Crippen molar-refractivity contribution in [2.24, 2.45) is 0 Å². The third-order valence-electron chi connectivity index (χ3n) is 0.235. The minimum absolute atomic E-state index is 1.36. The largest absolute Gasteiger partial charge is 0.186 e. The predicted molar refractivity (Wildman–Crippen MR) is 30.0 cm³/mol. The van der Waals surface area contributed by atoms with Gasteiger partial charge in [0.25, 0.3) is 0 Å². The Morgan fingerprint density at radius 3 is 1.83 bits per heavy atom. The van der Waals surface area contributed by atoms with E-state index in [-0.39, 0.29) is 0 Å². The van der Waals surface area contributed by atoms with Gasteiger partial charge in [0.15, 0.2) is 0 Å². The van der Waals surface area contributed by atoms with Crippen LogP contribution in [0.4, 0.5) is 0 Å². The standard InChI is InChI=1S/C4H7NS/c1-6(2,3)4-5/h1H,2-3H3. The Balaban J connectivity index is 4.10. The highest BCUT2D eigenvalue weighted by Gasteiger charge is 1.82. The molecule has 2 heteroatoms. The van der Waals surface area contributed by atoms with Gasteiger partial charge in [0, 0.05) is 0 Å². The Kier molecular flexibility index (Phi) is 1.29. The van der Waals surface area contributed by atoms with Crippen molar-refractivity contribution in [1.29, 1.82) is 5.26 Å². The lowest BCUT2D eigenvalue weighted by Gasteiger charge is -1.90. The van der Waals surface area contributed by atoms with Gasteiger partial charge in [-0.15, -0.1) is 15.1 Å². The Bertz CT molecular complexity index is 155. The first-order valence-electron chi connectivity index (χ1n) is 1.48. The van der Waals surface area contributed by atoms with Crippen molar-refractivity contribution in [3.63, 3.8) is 0 Å². The number of hydrogen-bond donors (Lipinski definition) is 0. The minimum atomic E-state index is -1.36. The van der Waals surface area contributed by atoms with E-state index in [1.165, 1.54) is 0 Å². The SMILES string of the molecule is C#S(C)(C)C#N. The number of thiocyanates is 1. The molecule has 34 valence electrons. The van der Waals surface area contributed by atoms with Gasteiger partial charge >= 0.3 is 0 Å². The van der Waals surface area contributed by atoms with E-state index in [2.05, 4.69) is 0 Å². The van der Waals surface area contributed by atoms with E-state index in [9.17, 15) is 0 Å². The first-order valence-corrected chi connectivity index (χ1v) is 3.99. The normalized spacial score (nSPS) is 10.0. The summed E-state index contributed by atoms with van der Waals surface area (Å²) >= 11 is 0. The Morgan fingerprint density at radius 2 is 1.83 bits per heavy atom. The molecule has 0 N–H and O–H groups in total. The molecule has 0 aromatic rings. The number of hydrogen-bond acceptors (Lipinski definition) is 1. The molecular weight excluding hydrogens is 94.1 g/mol. The first kappa shape index (κ1) is 5.62. The number of rotatable bonds is 0. The van der Waals surface area contributed by atoms with Gasteiger partial charge in [-0.25, -0.2) is 0 Å². The molecule has 0 aliphatic rings. The molecule has 0 aromatic heterocycles. The molecule has 0 aliphatic heterocycles. The molecule has 1 nitrogen and oxygen atoms in total. The maximum Gasteiger partial charge on any atom is 0.123 e. The molecule has 0 aromatic carbocycles. The van der Waals surface area contributed by atoms with Crippen LogP contribution in [0.2, 0.25) is 0 Å². The summed E-state index contributed by atoms with van der Waals surface area (Å²) in [4.78, 5) is 0. The average molecular weight is 101 g/mol. The van der Waals surface area contributed by atoms with Crippen LogP contribution in [0.5, 0.6) is 0 Å². The van der Waals surface area contributed by atoms with Crippen LogP contribution in [0.3, 0.4) is 0 Å². The zero-order chi connectivity index (χ0) is 5.21. The summed E-state index contributed by atoms with van der Waals surface area (Å²) in [5.41, 5.74) is 5.26. The molecule has 0 rings (SSSR count). The van der Waals surface area contributed by atoms with E-state index in [4.69, 9.17) is 10.9 Å². The highest BCUT2D eigenvalue weighted by molar-refractivity contribution is 8.26. The van der Waals surface area contributed by atoms with Crippen LogP contribution in [-0.2, 0) is 0 Å². The van der Waals surface area contributed by atoms with Crippen LogP contribution in [0.1, 0.15) is 0 Å². The van der Waals surface area contributed by atoms with Crippen molar-refractivity contribution in [2.45, 2.75) is 0 Å². The lowest BCUT2D eigenvalue weighted by atomic mass is 11.8. The van der Waals surface area contributed by atoms with Crippen molar-refractivity contribution >= 4 is 9.44 Å². The van der Waals surface area contributed by atoms with Gasteiger partial charge in [-0.05, 0) is 12.5 Å². The zero-order valence-electron chi connectivity index (χ0n) is 3.93. The maximum atomic E-state index is 8.06. The van der Waals surface area contributed by atoms with Crippen LogP contribution in [0.15, 0.2) is 0 Å². The molecule has 0 aliphatic carbocycles. The van der Waals surface area contributed by atoms with Crippen molar-refractivity contribution in [1.82, 2.24) is 0 Å². The van der Waals surface area contributed by atoms with Gasteiger partial charge in [0.2, 0.25) is 0 Å². The fourth-order valence-corrected chi connectivity index (χ4v) is 0. The summed E-state index contributed by atoms with van der Waals surface area (Å²) < 4.78 is 0. The highest BCUT2D eigenvalue weighted by atomic mass is 32.2. The molecule has 0 atom stereocenters. The van der Waals surface area contributed by atoms with E-state index in [1.807, 2.05) is 5.40 Å². The summed E-state index contributed by atoms with van der Waals surface area (Å²) in [7, 11) is -1.36. The summed E-state index contributed by atoms with van der Waals surface area (Å²) in [6.07, 6.45) is 3.49. The van der Waals surface area contributed by atoms with Gasteiger partial charge in [-0.3, -0.25) is 0 Å². The molecule has 6 heavy (non-hydrogen) atoms. The molecule has 0 saturated heterocycles. The van der Waals surface area contributed by atoms with Crippen molar-refractivity contribution < 1.29 is 0 Å². The third-order valence-corrected chi connectivity index (χ3v) is 0.706. The smallest absolute Gasteiger partial charge is 0.123 e. The fourth-order valence-electron chi connectivity index (χ4n) is 0. The minimum Gasteiger partial charge on any atom is -0.186 e. The van der Waals surface area contributed by atoms with Gasteiger partial charge in [0.05, 0.1) is 0 Å². The Morgan fingerprint density at radius 1 is 1.67 bits per heavy atom. The van der Waals surface area contributed by atoms with Gasteiger partial charge in [-0.1, -0.05) is 0 Å². The molecular formula is C4H7NS. The summed E-state index contributed by atoms with van der Waals surface area (Å²) in [5.74, 6) is 0. The zero-order valence-corrected chi connectivity index (χ0v) is 4.75. The number of nitriles is 1. The monoisotopic (exact) mass is 101 g/mol. The molecule has 0 amide bonds. The molecule has 0 spiro atoms. The summed E-state index contributed by atoms with van der Waals surface area (Å²) in [5, 5.41) is 10.0. The van der Waals surface area contributed by atoms with Crippen LogP contribution in [-0.4, -0.2) is 12.5 Å². The second-order valence-electron chi connectivity index (χ2n) is 1.50. The van der Waals surface area contributed by atoms with Gasteiger partial charge in [0.1, 0.15) is 5.40 Å². The highest BCUT2D eigenvalue weighted by Crippen LogP contribution is 2.15. The van der Waals surface area contributed by atoms with E-state index in [1.54, 1.807) is 12.5 Å². The van der Waals surface area contributed by atoms with E-state index in [0.29, 0.717) is 0 Å². The molecule has 0 unspecified atom stereocenters. The van der Waals surface area contributed by atoms with Crippen molar-refractivity contribution in [2.75, 3.05) is 12.5 Å². The summed E-state index contributed by atoms with van der Waals surface area (Å²) in [6, 6.07) is 0. The second-order valence-corrected chi connectivity index (χ2v) is 4.49.